The van der Waals surface area contributed by atoms with Crippen molar-refractivity contribution in [1.29, 1.82) is 0 Å². The number of anilines is 1. The molecule has 2 aromatic rings. The van der Waals surface area contributed by atoms with Crippen LogP contribution < -0.4 is 5.32 Å². The Morgan fingerprint density at radius 3 is 2.63 bits per heavy atom. The maximum atomic E-state index is 4.71. The van der Waals surface area contributed by atoms with E-state index in [1.54, 1.807) is 11.3 Å². The van der Waals surface area contributed by atoms with E-state index in [0.29, 0.717) is 0 Å². The minimum absolute atomic E-state index is 0.0254. The summed E-state index contributed by atoms with van der Waals surface area (Å²) in [4.78, 5) is 10.4. The fourth-order valence-electron chi connectivity index (χ4n) is 1.69. The highest BCUT2D eigenvalue weighted by atomic mass is 32.1. The molecule has 0 aliphatic carbocycles. The third kappa shape index (κ3) is 3.53. The van der Waals surface area contributed by atoms with E-state index in [1.165, 1.54) is 0 Å². The molecule has 102 valence electrons. The summed E-state index contributed by atoms with van der Waals surface area (Å²) in [6, 6.07) is 6.16. The van der Waals surface area contributed by atoms with Crippen LogP contribution in [0.3, 0.4) is 0 Å². The van der Waals surface area contributed by atoms with Crippen molar-refractivity contribution in [1.82, 2.24) is 9.97 Å². The van der Waals surface area contributed by atoms with E-state index in [-0.39, 0.29) is 5.41 Å². The Bertz CT molecular complexity index is 527. The van der Waals surface area contributed by atoms with Gasteiger partial charge in [-0.15, -0.1) is 11.3 Å². The van der Waals surface area contributed by atoms with Gasteiger partial charge in [-0.2, -0.15) is 0 Å². The van der Waals surface area contributed by atoms with Crippen LogP contribution in [0.15, 0.2) is 23.6 Å². The Morgan fingerprint density at radius 1 is 1.26 bits per heavy atom. The fraction of sp³-hybridized carbons (Fsp3) is 0.467. The Hall–Kier alpha value is -1.42. The summed E-state index contributed by atoms with van der Waals surface area (Å²) in [5.41, 5.74) is 1.10. The minimum Gasteiger partial charge on any atom is -0.370 e. The zero-order valence-corrected chi connectivity index (χ0v) is 12.8. The van der Waals surface area contributed by atoms with Crippen molar-refractivity contribution in [3.63, 3.8) is 0 Å². The van der Waals surface area contributed by atoms with E-state index in [2.05, 4.69) is 55.5 Å². The first-order valence-electron chi connectivity index (χ1n) is 6.68. The molecule has 4 heteroatoms. The number of thiophene rings is 1. The van der Waals surface area contributed by atoms with Gasteiger partial charge in [0.15, 0.2) is 5.82 Å². The number of aromatic nitrogens is 2. The maximum absolute atomic E-state index is 4.71. The number of nitrogens with zero attached hydrogens (tertiary/aromatic N) is 2. The van der Waals surface area contributed by atoms with E-state index in [1.807, 2.05) is 6.07 Å². The SMILES string of the molecule is CCCNc1cc(C(C)(C)C)nc(-c2cccs2)n1. The molecule has 2 rings (SSSR count). The molecule has 0 amide bonds. The molecule has 0 spiro atoms. The molecule has 0 saturated carbocycles. The van der Waals surface area contributed by atoms with Crippen LogP contribution in [0.5, 0.6) is 0 Å². The first-order chi connectivity index (χ1) is 9.00. The van der Waals surface area contributed by atoms with Crippen molar-refractivity contribution in [2.75, 3.05) is 11.9 Å². The molecule has 0 aromatic carbocycles. The molecule has 0 fully saturated rings. The van der Waals surface area contributed by atoms with Crippen LogP contribution in [-0.2, 0) is 5.41 Å². The summed E-state index contributed by atoms with van der Waals surface area (Å²) in [7, 11) is 0. The average Bonchev–Trinajstić information content (AvgIpc) is 2.89. The zero-order chi connectivity index (χ0) is 13.9. The van der Waals surface area contributed by atoms with Crippen molar-refractivity contribution >= 4 is 17.2 Å². The van der Waals surface area contributed by atoms with Gasteiger partial charge in [-0.3, -0.25) is 0 Å². The van der Waals surface area contributed by atoms with E-state index < -0.39 is 0 Å². The standard InChI is InChI=1S/C15H21N3S/c1-5-8-16-13-10-12(15(2,3)4)17-14(18-13)11-7-6-9-19-11/h6-7,9-10H,5,8H2,1-4H3,(H,16,17,18). The second-order valence-corrected chi connectivity index (χ2v) is 6.56. The lowest BCUT2D eigenvalue weighted by molar-refractivity contribution is 0.568. The van der Waals surface area contributed by atoms with Gasteiger partial charge in [-0.05, 0) is 17.9 Å². The molecular weight excluding hydrogens is 254 g/mol. The fourth-order valence-corrected chi connectivity index (χ4v) is 2.35. The molecule has 0 aliphatic heterocycles. The van der Waals surface area contributed by atoms with Gasteiger partial charge in [0.1, 0.15) is 5.82 Å². The highest BCUT2D eigenvalue weighted by Gasteiger charge is 2.18. The van der Waals surface area contributed by atoms with E-state index >= 15 is 0 Å². The molecule has 2 aromatic heterocycles. The van der Waals surface area contributed by atoms with Crippen LogP contribution in [0.1, 0.15) is 39.8 Å². The van der Waals surface area contributed by atoms with Crippen molar-refractivity contribution in [3.05, 3.63) is 29.3 Å². The van der Waals surface area contributed by atoms with Gasteiger partial charge < -0.3 is 5.32 Å². The van der Waals surface area contributed by atoms with Gasteiger partial charge in [0, 0.05) is 18.0 Å². The van der Waals surface area contributed by atoms with Crippen LogP contribution in [-0.4, -0.2) is 16.5 Å². The summed E-state index contributed by atoms with van der Waals surface area (Å²) < 4.78 is 0. The summed E-state index contributed by atoms with van der Waals surface area (Å²) in [5.74, 6) is 1.74. The van der Waals surface area contributed by atoms with Crippen LogP contribution in [0.2, 0.25) is 0 Å². The van der Waals surface area contributed by atoms with Crippen molar-refractivity contribution < 1.29 is 0 Å². The summed E-state index contributed by atoms with van der Waals surface area (Å²) >= 11 is 1.68. The molecule has 0 bridgehead atoms. The molecule has 2 heterocycles. The van der Waals surface area contributed by atoms with E-state index in [9.17, 15) is 0 Å². The third-order valence-electron chi connectivity index (χ3n) is 2.79. The van der Waals surface area contributed by atoms with Gasteiger partial charge >= 0.3 is 0 Å². The van der Waals surface area contributed by atoms with Crippen LogP contribution in [0.25, 0.3) is 10.7 Å². The second kappa shape index (κ2) is 5.70. The smallest absolute Gasteiger partial charge is 0.171 e. The normalized spacial score (nSPS) is 11.6. The van der Waals surface area contributed by atoms with Gasteiger partial charge in [0.25, 0.3) is 0 Å². The number of hydrogen-bond donors (Lipinski definition) is 1. The average molecular weight is 275 g/mol. The molecule has 1 N–H and O–H groups in total. The largest absolute Gasteiger partial charge is 0.370 e. The highest BCUT2D eigenvalue weighted by molar-refractivity contribution is 7.13. The lowest BCUT2D eigenvalue weighted by atomic mass is 9.92. The number of hydrogen-bond acceptors (Lipinski definition) is 4. The lowest BCUT2D eigenvalue weighted by Crippen LogP contribution is -2.16. The highest BCUT2D eigenvalue weighted by Crippen LogP contribution is 2.27. The molecule has 19 heavy (non-hydrogen) atoms. The van der Waals surface area contributed by atoms with Gasteiger partial charge in [-0.25, -0.2) is 9.97 Å². The quantitative estimate of drug-likeness (QED) is 0.902. The molecule has 0 atom stereocenters. The van der Waals surface area contributed by atoms with Crippen molar-refractivity contribution in [3.8, 4) is 10.7 Å². The second-order valence-electron chi connectivity index (χ2n) is 5.62. The van der Waals surface area contributed by atoms with Crippen LogP contribution >= 0.6 is 11.3 Å². The van der Waals surface area contributed by atoms with Gasteiger partial charge in [-0.1, -0.05) is 33.8 Å². The molecule has 0 unspecified atom stereocenters. The number of rotatable bonds is 4. The predicted molar refractivity (Wildman–Crippen MR) is 82.8 cm³/mol. The van der Waals surface area contributed by atoms with E-state index in [0.717, 1.165) is 35.2 Å². The molecular formula is C15H21N3S. The first-order valence-corrected chi connectivity index (χ1v) is 7.56. The first kappa shape index (κ1) is 14.0. The number of nitrogens with one attached hydrogen (secondary N) is 1. The summed E-state index contributed by atoms with van der Waals surface area (Å²) in [6.07, 6.45) is 1.09. The summed E-state index contributed by atoms with van der Waals surface area (Å²) in [5, 5.41) is 5.42. The summed E-state index contributed by atoms with van der Waals surface area (Å²) in [6.45, 7) is 9.62. The molecule has 0 aliphatic rings. The molecule has 3 nitrogen and oxygen atoms in total. The minimum atomic E-state index is 0.0254. The Kier molecular flexibility index (Phi) is 4.20. The molecule has 0 saturated heterocycles. The van der Waals surface area contributed by atoms with Crippen LogP contribution in [0, 0.1) is 0 Å². The maximum Gasteiger partial charge on any atom is 0.171 e. The van der Waals surface area contributed by atoms with Crippen molar-refractivity contribution in [2.45, 2.75) is 39.5 Å². The topological polar surface area (TPSA) is 37.8 Å². The van der Waals surface area contributed by atoms with Gasteiger partial charge in [0.2, 0.25) is 0 Å². The van der Waals surface area contributed by atoms with E-state index in [4.69, 9.17) is 4.98 Å². The Labute approximate surface area is 119 Å². The Balaban J connectivity index is 2.43. The molecule has 0 radical (unpaired) electrons. The Morgan fingerprint density at radius 2 is 2.05 bits per heavy atom. The zero-order valence-electron chi connectivity index (χ0n) is 12.0. The van der Waals surface area contributed by atoms with Gasteiger partial charge in [0.05, 0.1) is 10.6 Å². The monoisotopic (exact) mass is 275 g/mol. The van der Waals surface area contributed by atoms with Crippen molar-refractivity contribution in [2.24, 2.45) is 0 Å². The lowest BCUT2D eigenvalue weighted by Gasteiger charge is -2.19. The predicted octanol–water partition coefficient (Wildman–Crippen LogP) is 4.32. The van der Waals surface area contributed by atoms with Crippen LogP contribution in [0.4, 0.5) is 5.82 Å². The third-order valence-corrected chi connectivity index (χ3v) is 3.66.